The molecule has 1 unspecified atom stereocenters. The van der Waals surface area contributed by atoms with Crippen LogP contribution in [-0.4, -0.2) is 41.6 Å². The van der Waals surface area contributed by atoms with E-state index in [1.165, 1.54) is 6.92 Å². The maximum atomic E-state index is 13.5. The summed E-state index contributed by atoms with van der Waals surface area (Å²) in [6.45, 7) is 3.38. The maximum Gasteiger partial charge on any atom is 0.415 e. The smallest absolute Gasteiger partial charge is 0.415 e. The van der Waals surface area contributed by atoms with Gasteiger partial charge in [-0.05, 0) is 51.4 Å². The monoisotopic (exact) mass is 361 g/mol. The Labute approximate surface area is 143 Å². The Hall–Kier alpha value is -1.86. The number of carboxylic acids is 1. The first-order valence-corrected chi connectivity index (χ1v) is 8.35. The molecule has 0 aromatic rings. The quantitative estimate of drug-likeness (QED) is 0.760. The number of carboxylic acid groups (broad SMARTS) is 1. The molecule has 0 spiro atoms. The topological polar surface area (TPSA) is 76.0 Å². The maximum absolute atomic E-state index is 13.5. The number of rotatable bonds is 5. The van der Waals surface area contributed by atoms with Crippen LogP contribution in [0.2, 0.25) is 0 Å². The molecule has 1 heterocycles. The van der Waals surface area contributed by atoms with Gasteiger partial charge in [-0.3, -0.25) is 9.79 Å². The second-order valence-corrected chi connectivity index (χ2v) is 6.72. The number of aliphatic carboxylic acids is 1. The largest absolute Gasteiger partial charge is 0.478 e. The lowest BCUT2D eigenvalue weighted by atomic mass is 9.69. The predicted molar refractivity (Wildman–Crippen MR) is 84.3 cm³/mol. The van der Waals surface area contributed by atoms with Gasteiger partial charge >= 0.3 is 18.1 Å². The van der Waals surface area contributed by atoms with Crippen LogP contribution in [0.1, 0.15) is 46.0 Å². The number of alkyl halides is 3. The number of ether oxygens (including phenoxy) is 1. The molecule has 1 atom stereocenters. The Balaban J connectivity index is 2.13. The van der Waals surface area contributed by atoms with Gasteiger partial charge in [-0.25, -0.2) is 4.79 Å². The van der Waals surface area contributed by atoms with Gasteiger partial charge in [0, 0.05) is 12.6 Å². The minimum absolute atomic E-state index is 0.0848. The highest BCUT2D eigenvalue weighted by Gasteiger charge is 2.54. The van der Waals surface area contributed by atoms with E-state index in [0.717, 1.165) is 6.21 Å². The van der Waals surface area contributed by atoms with E-state index in [1.54, 1.807) is 6.92 Å². The van der Waals surface area contributed by atoms with Crippen LogP contribution in [0.5, 0.6) is 0 Å². The second-order valence-electron chi connectivity index (χ2n) is 6.72. The standard InChI is InChI=1S/C17H22F3NO4/c1-3-25-13(22)8-10-4-6-11(7-5-10)16(2)14(17(18,19)20)12(9-21-16)15(23)24/h9-11H,3-8H2,1-2H3,(H,23,24). The van der Waals surface area contributed by atoms with Crippen molar-refractivity contribution in [1.29, 1.82) is 0 Å². The van der Waals surface area contributed by atoms with Gasteiger partial charge in [0.25, 0.3) is 0 Å². The van der Waals surface area contributed by atoms with E-state index in [9.17, 15) is 22.8 Å². The Morgan fingerprint density at radius 3 is 2.40 bits per heavy atom. The molecule has 0 amide bonds. The van der Waals surface area contributed by atoms with E-state index >= 15 is 0 Å². The van der Waals surface area contributed by atoms with E-state index in [4.69, 9.17) is 9.84 Å². The summed E-state index contributed by atoms with van der Waals surface area (Å²) in [5.74, 6) is -2.23. The number of carbonyl (C=O) groups excluding carboxylic acids is 1. The van der Waals surface area contributed by atoms with Crippen LogP contribution in [0.3, 0.4) is 0 Å². The average molecular weight is 361 g/mol. The van der Waals surface area contributed by atoms with E-state index in [1.807, 2.05) is 0 Å². The highest BCUT2D eigenvalue weighted by molar-refractivity contribution is 6.11. The number of esters is 1. The van der Waals surface area contributed by atoms with Gasteiger partial charge in [-0.15, -0.1) is 0 Å². The average Bonchev–Trinajstić information content (AvgIpc) is 2.87. The summed E-state index contributed by atoms with van der Waals surface area (Å²) < 4.78 is 45.4. The number of aliphatic imine (C=N–C) groups is 1. The molecule has 8 heteroatoms. The van der Waals surface area contributed by atoms with Crippen LogP contribution in [0.25, 0.3) is 0 Å². The van der Waals surface area contributed by atoms with Gasteiger partial charge < -0.3 is 9.84 Å². The molecule has 0 bridgehead atoms. The summed E-state index contributed by atoms with van der Waals surface area (Å²) in [6.07, 6.45) is -1.53. The van der Waals surface area contributed by atoms with Crippen molar-refractivity contribution < 1.29 is 32.6 Å². The van der Waals surface area contributed by atoms with Crippen LogP contribution in [0.4, 0.5) is 13.2 Å². The van der Waals surface area contributed by atoms with Gasteiger partial charge in [0.1, 0.15) is 0 Å². The predicted octanol–water partition coefficient (Wildman–Crippen LogP) is 3.53. The highest BCUT2D eigenvalue weighted by atomic mass is 19.4. The third kappa shape index (κ3) is 4.04. The van der Waals surface area contributed by atoms with Crippen LogP contribution in [0, 0.1) is 11.8 Å². The molecule has 1 aliphatic heterocycles. The van der Waals surface area contributed by atoms with Gasteiger partial charge in [0.15, 0.2) is 0 Å². The zero-order valence-corrected chi connectivity index (χ0v) is 14.2. The Kier molecular flexibility index (Phi) is 5.58. The van der Waals surface area contributed by atoms with Crippen molar-refractivity contribution in [3.05, 3.63) is 11.1 Å². The molecular weight excluding hydrogens is 339 g/mol. The number of nitrogens with zero attached hydrogens (tertiary/aromatic N) is 1. The normalized spacial score (nSPS) is 29.8. The first-order chi connectivity index (χ1) is 11.6. The van der Waals surface area contributed by atoms with Crippen LogP contribution >= 0.6 is 0 Å². The Morgan fingerprint density at radius 2 is 1.92 bits per heavy atom. The van der Waals surface area contributed by atoms with Gasteiger partial charge in [-0.1, -0.05) is 0 Å². The number of hydrogen-bond acceptors (Lipinski definition) is 4. The van der Waals surface area contributed by atoms with Crippen molar-refractivity contribution in [2.24, 2.45) is 16.8 Å². The zero-order chi connectivity index (χ0) is 18.8. The van der Waals surface area contributed by atoms with E-state index in [2.05, 4.69) is 4.99 Å². The molecule has 0 saturated heterocycles. The molecule has 1 N–H and O–H groups in total. The fourth-order valence-corrected chi connectivity index (χ4v) is 3.90. The fraction of sp³-hybridized carbons (Fsp3) is 0.706. The van der Waals surface area contributed by atoms with Crippen molar-refractivity contribution >= 4 is 18.2 Å². The fourth-order valence-electron chi connectivity index (χ4n) is 3.90. The lowest BCUT2D eigenvalue weighted by molar-refractivity contribution is -0.144. The summed E-state index contributed by atoms with van der Waals surface area (Å²) in [7, 11) is 0. The minimum Gasteiger partial charge on any atom is -0.478 e. The van der Waals surface area contributed by atoms with Crippen molar-refractivity contribution in [2.45, 2.75) is 57.7 Å². The van der Waals surface area contributed by atoms with Crippen LogP contribution < -0.4 is 0 Å². The van der Waals surface area contributed by atoms with Gasteiger partial charge in [0.05, 0.1) is 23.3 Å². The molecule has 5 nitrogen and oxygen atoms in total. The summed E-state index contributed by atoms with van der Waals surface area (Å²) in [6, 6.07) is 0. The third-order valence-corrected chi connectivity index (χ3v) is 5.15. The first-order valence-electron chi connectivity index (χ1n) is 8.35. The lowest BCUT2D eigenvalue weighted by Crippen LogP contribution is -2.41. The molecule has 140 valence electrons. The number of halogens is 3. The molecular formula is C17H22F3NO4. The summed E-state index contributed by atoms with van der Waals surface area (Å²) in [5, 5.41) is 9.07. The molecule has 0 aromatic carbocycles. The highest BCUT2D eigenvalue weighted by Crippen LogP contribution is 2.49. The number of carbonyl (C=O) groups is 2. The summed E-state index contributed by atoms with van der Waals surface area (Å²) in [5.41, 5.74) is -3.43. The Bertz CT molecular complexity index is 604. The molecule has 0 aromatic heterocycles. The molecule has 2 aliphatic rings. The van der Waals surface area contributed by atoms with Gasteiger partial charge in [-0.2, -0.15) is 13.2 Å². The van der Waals surface area contributed by atoms with E-state index < -0.39 is 34.7 Å². The van der Waals surface area contributed by atoms with E-state index in [-0.39, 0.29) is 18.3 Å². The third-order valence-electron chi connectivity index (χ3n) is 5.15. The first kappa shape index (κ1) is 19.5. The zero-order valence-electron chi connectivity index (χ0n) is 14.2. The van der Waals surface area contributed by atoms with E-state index in [0.29, 0.717) is 32.3 Å². The van der Waals surface area contributed by atoms with Crippen molar-refractivity contribution in [3.8, 4) is 0 Å². The summed E-state index contributed by atoms with van der Waals surface area (Å²) >= 11 is 0. The minimum atomic E-state index is -4.75. The number of hydrogen-bond donors (Lipinski definition) is 1. The molecule has 0 radical (unpaired) electrons. The van der Waals surface area contributed by atoms with Crippen LogP contribution in [-0.2, 0) is 14.3 Å². The second kappa shape index (κ2) is 7.17. The molecule has 1 saturated carbocycles. The molecule has 25 heavy (non-hydrogen) atoms. The molecule has 1 aliphatic carbocycles. The SMILES string of the molecule is CCOC(=O)CC1CCC(C2(C)N=CC(C(=O)O)=C2C(F)(F)F)CC1. The van der Waals surface area contributed by atoms with Crippen molar-refractivity contribution in [2.75, 3.05) is 6.61 Å². The van der Waals surface area contributed by atoms with Crippen molar-refractivity contribution in [3.63, 3.8) is 0 Å². The Morgan fingerprint density at radius 1 is 1.32 bits per heavy atom. The van der Waals surface area contributed by atoms with Crippen molar-refractivity contribution in [1.82, 2.24) is 0 Å². The molecule has 2 rings (SSSR count). The van der Waals surface area contributed by atoms with Crippen LogP contribution in [0.15, 0.2) is 16.1 Å². The molecule has 1 fully saturated rings. The van der Waals surface area contributed by atoms with Gasteiger partial charge in [0.2, 0.25) is 0 Å². The lowest BCUT2D eigenvalue weighted by Gasteiger charge is -2.39. The summed E-state index contributed by atoms with van der Waals surface area (Å²) in [4.78, 5) is 26.7.